The molecule has 1 aliphatic carbocycles. The molecule has 2 heteroatoms. The van der Waals surface area contributed by atoms with Crippen molar-refractivity contribution in [3.63, 3.8) is 0 Å². The largest absolute Gasteiger partial charge is 0.481 e. The minimum Gasteiger partial charge on any atom is -0.481 e. The maximum absolute atomic E-state index is 11.3. The van der Waals surface area contributed by atoms with Crippen molar-refractivity contribution in [1.82, 2.24) is 0 Å². The van der Waals surface area contributed by atoms with Crippen LogP contribution in [0, 0.1) is 5.41 Å². The van der Waals surface area contributed by atoms with Crippen molar-refractivity contribution < 1.29 is 9.90 Å². The molecular weight excluding hydrogens is 200 g/mol. The maximum Gasteiger partial charge on any atom is 0.309 e. The van der Waals surface area contributed by atoms with Gasteiger partial charge in [-0.15, -0.1) is 0 Å². The molecule has 0 bridgehead atoms. The first-order valence-corrected chi connectivity index (χ1v) is 6.88. The SMILES string of the molecule is CC1(C(=O)O)CCCCCCCCCCC1. The Morgan fingerprint density at radius 3 is 1.44 bits per heavy atom. The van der Waals surface area contributed by atoms with E-state index in [9.17, 15) is 9.90 Å². The van der Waals surface area contributed by atoms with Gasteiger partial charge in [-0.05, 0) is 19.8 Å². The molecule has 0 radical (unpaired) electrons. The van der Waals surface area contributed by atoms with E-state index in [4.69, 9.17) is 0 Å². The van der Waals surface area contributed by atoms with Crippen LogP contribution in [-0.4, -0.2) is 11.1 Å². The van der Waals surface area contributed by atoms with Gasteiger partial charge in [-0.2, -0.15) is 0 Å². The van der Waals surface area contributed by atoms with E-state index in [2.05, 4.69) is 0 Å². The van der Waals surface area contributed by atoms with Crippen LogP contribution < -0.4 is 0 Å². The van der Waals surface area contributed by atoms with Gasteiger partial charge in [0.15, 0.2) is 0 Å². The number of hydrogen-bond acceptors (Lipinski definition) is 1. The van der Waals surface area contributed by atoms with E-state index in [0.29, 0.717) is 0 Å². The molecular formula is C14H26O2. The van der Waals surface area contributed by atoms with E-state index in [1.165, 1.54) is 44.9 Å². The summed E-state index contributed by atoms with van der Waals surface area (Å²) < 4.78 is 0. The van der Waals surface area contributed by atoms with Gasteiger partial charge in [-0.25, -0.2) is 0 Å². The predicted molar refractivity (Wildman–Crippen MR) is 66.5 cm³/mol. The molecule has 1 aliphatic rings. The van der Waals surface area contributed by atoms with Crippen LogP contribution in [0.15, 0.2) is 0 Å². The van der Waals surface area contributed by atoms with Crippen LogP contribution in [0.25, 0.3) is 0 Å². The van der Waals surface area contributed by atoms with Gasteiger partial charge in [0.25, 0.3) is 0 Å². The molecule has 1 saturated carbocycles. The van der Waals surface area contributed by atoms with Gasteiger partial charge in [0.2, 0.25) is 0 Å². The first kappa shape index (κ1) is 13.5. The normalized spacial score (nSPS) is 24.1. The molecule has 0 aromatic heterocycles. The molecule has 1 N–H and O–H groups in total. The first-order chi connectivity index (χ1) is 7.65. The molecule has 1 fully saturated rings. The lowest BCUT2D eigenvalue weighted by Gasteiger charge is -2.25. The number of hydrogen-bond donors (Lipinski definition) is 1. The molecule has 0 aromatic carbocycles. The van der Waals surface area contributed by atoms with Crippen LogP contribution in [-0.2, 0) is 4.79 Å². The summed E-state index contributed by atoms with van der Waals surface area (Å²) in [5.41, 5.74) is -0.459. The lowest BCUT2D eigenvalue weighted by Crippen LogP contribution is -2.27. The van der Waals surface area contributed by atoms with E-state index < -0.39 is 11.4 Å². The molecule has 0 saturated heterocycles. The predicted octanol–water partition coefficient (Wildman–Crippen LogP) is 4.38. The van der Waals surface area contributed by atoms with Gasteiger partial charge >= 0.3 is 5.97 Å². The summed E-state index contributed by atoms with van der Waals surface area (Å²) >= 11 is 0. The van der Waals surface area contributed by atoms with E-state index in [1.807, 2.05) is 6.92 Å². The minimum absolute atomic E-state index is 0.459. The number of aliphatic carboxylic acids is 1. The smallest absolute Gasteiger partial charge is 0.309 e. The van der Waals surface area contributed by atoms with Crippen LogP contribution in [0.3, 0.4) is 0 Å². The van der Waals surface area contributed by atoms with Crippen molar-refractivity contribution in [2.75, 3.05) is 0 Å². The number of carboxylic acids is 1. The topological polar surface area (TPSA) is 37.3 Å². The van der Waals surface area contributed by atoms with Crippen molar-refractivity contribution in [2.24, 2.45) is 5.41 Å². The fraction of sp³-hybridized carbons (Fsp3) is 0.929. The standard InChI is InChI=1S/C14H26O2/c1-14(13(15)16)11-9-7-5-3-2-4-6-8-10-12-14/h2-12H2,1H3,(H,15,16). The molecule has 16 heavy (non-hydrogen) atoms. The lowest BCUT2D eigenvalue weighted by atomic mass is 9.79. The van der Waals surface area contributed by atoms with Crippen LogP contribution in [0.4, 0.5) is 0 Å². The van der Waals surface area contributed by atoms with E-state index >= 15 is 0 Å². The van der Waals surface area contributed by atoms with Crippen LogP contribution in [0.2, 0.25) is 0 Å². The lowest BCUT2D eigenvalue weighted by molar-refractivity contribution is -0.149. The average molecular weight is 226 g/mol. The molecule has 0 heterocycles. The highest BCUT2D eigenvalue weighted by Gasteiger charge is 2.31. The van der Waals surface area contributed by atoms with Crippen LogP contribution >= 0.6 is 0 Å². The van der Waals surface area contributed by atoms with Gasteiger partial charge in [-0.1, -0.05) is 57.8 Å². The maximum atomic E-state index is 11.3. The van der Waals surface area contributed by atoms with E-state index in [1.54, 1.807) is 0 Å². The second-order valence-corrected chi connectivity index (χ2v) is 5.55. The Balaban J connectivity index is 2.45. The highest BCUT2D eigenvalue weighted by molar-refractivity contribution is 5.74. The highest BCUT2D eigenvalue weighted by atomic mass is 16.4. The van der Waals surface area contributed by atoms with Crippen molar-refractivity contribution in [3.05, 3.63) is 0 Å². The molecule has 0 unspecified atom stereocenters. The summed E-state index contributed by atoms with van der Waals surface area (Å²) in [5, 5.41) is 9.30. The third-order valence-electron chi connectivity index (χ3n) is 3.97. The molecule has 94 valence electrons. The quantitative estimate of drug-likeness (QED) is 0.720. The Bertz CT molecular complexity index is 199. The average Bonchev–Trinajstić information content (AvgIpc) is 2.23. The summed E-state index contributed by atoms with van der Waals surface area (Å²) in [4.78, 5) is 11.3. The number of rotatable bonds is 1. The fourth-order valence-corrected chi connectivity index (χ4v) is 2.61. The zero-order valence-corrected chi connectivity index (χ0v) is 10.6. The summed E-state index contributed by atoms with van der Waals surface area (Å²) in [7, 11) is 0. The Kier molecular flexibility index (Phi) is 5.86. The molecule has 0 atom stereocenters. The molecule has 2 nitrogen and oxygen atoms in total. The zero-order valence-electron chi connectivity index (χ0n) is 10.6. The van der Waals surface area contributed by atoms with Gasteiger partial charge in [0.1, 0.15) is 0 Å². The van der Waals surface area contributed by atoms with E-state index in [-0.39, 0.29) is 0 Å². The van der Waals surface area contributed by atoms with Gasteiger partial charge in [0.05, 0.1) is 5.41 Å². The van der Waals surface area contributed by atoms with E-state index in [0.717, 1.165) is 25.7 Å². The molecule has 0 aliphatic heterocycles. The van der Waals surface area contributed by atoms with Crippen LogP contribution in [0.5, 0.6) is 0 Å². The number of carbonyl (C=O) groups is 1. The van der Waals surface area contributed by atoms with Gasteiger partial charge < -0.3 is 5.11 Å². The first-order valence-electron chi connectivity index (χ1n) is 6.88. The third kappa shape index (κ3) is 4.54. The fourth-order valence-electron chi connectivity index (χ4n) is 2.61. The van der Waals surface area contributed by atoms with Crippen molar-refractivity contribution in [1.29, 1.82) is 0 Å². The van der Waals surface area contributed by atoms with Gasteiger partial charge in [-0.3, -0.25) is 4.79 Å². The summed E-state index contributed by atoms with van der Waals surface area (Å²) in [6, 6.07) is 0. The summed E-state index contributed by atoms with van der Waals surface area (Å²) in [6.07, 6.45) is 12.9. The Hall–Kier alpha value is -0.530. The van der Waals surface area contributed by atoms with Crippen molar-refractivity contribution in [2.45, 2.75) is 77.6 Å². The minimum atomic E-state index is -0.593. The van der Waals surface area contributed by atoms with Crippen LogP contribution in [0.1, 0.15) is 77.6 Å². The Morgan fingerprint density at radius 1 is 0.812 bits per heavy atom. The third-order valence-corrected chi connectivity index (χ3v) is 3.97. The molecule has 0 spiro atoms. The molecule has 0 amide bonds. The second-order valence-electron chi connectivity index (χ2n) is 5.55. The summed E-state index contributed by atoms with van der Waals surface area (Å²) in [5.74, 6) is -0.593. The Morgan fingerprint density at radius 2 is 1.12 bits per heavy atom. The van der Waals surface area contributed by atoms with Crippen molar-refractivity contribution in [3.8, 4) is 0 Å². The molecule has 1 rings (SSSR count). The monoisotopic (exact) mass is 226 g/mol. The number of carboxylic acid groups (broad SMARTS) is 1. The Labute approximate surface area is 99.4 Å². The van der Waals surface area contributed by atoms with Gasteiger partial charge in [0, 0.05) is 0 Å². The van der Waals surface area contributed by atoms with Crippen molar-refractivity contribution >= 4 is 5.97 Å². The summed E-state index contributed by atoms with van der Waals surface area (Å²) in [6.45, 7) is 1.93. The highest BCUT2D eigenvalue weighted by Crippen LogP contribution is 2.32. The zero-order chi connectivity index (χ0) is 11.9. The second kappa shape index (κ2) is 6.93. The molecule has 0 aromatic rings.